The van der Waals surface area contributed by atoms with Gasteiger partial charge in [-0.05, 0) is 53.2 Å². The summed E-state index contributed by atoms with van der Waals surface area (Å²) in [6, 6.07) is 13.6. The summed E-state index contributed by atoms with van der Waals surface area (Å²) in [5.74, 6) is -1.81. The van der Waals surface area contributed by atoms with Crippen LogP contribution >= 0.6 is 34.3 Å². The maximum atomic E-state index is 12.5. The van der Waals surface area contributed by atoms with Crippen molar-refractivity contribution in [2.24, 2.45) is 0 Å². The summed E-state index contributed by atoms with van der Waals surface area (Å²) in [6.45, 7) is -0.535. The van der Waals surface area contributed by atoms with Crippen LogP contribution < -0.4 is 10.9 Å². The molecule has 0 aliphatic carbocycles. The first-order valence-corrected chi connectivity index (χ1v) is 10.5. The molecule has 0 unspecified atom stereocenters. The van der Waals surface area contributed by atoms with Gasteiger partial charge in [0.25, 0.3) is 11.8 Å². The number of ether oxygens (including phenoxy) is 1. The van der Waals surface area contributed by atoms with Crippen LogP contribution in [-0.2, 0) is 14.3 Å². The molecule has 2 aromatic heterocycles. The van der Waals surface area contributed by atoms with Crippen LogP contribution in [0.25, 0.3) is 11.6 Å². The molecule has 9 heteroatoms. The van der Waals surface area contributed by atoms with Gasteiger partial charge in [-0.2, -0.15) is 0 Å². The molecule has 0 bridgehead atoms. The van der Waals surface area contributed by atoms with Gasteiger partial charge >= 0.3 is 5.97 Å². The number of rotatable bonds is 6. The molecule has 0 saturated carbocycles. The van der Waals surface area contributed by atoms with Crippen LogP contribution in [0.3, 0.4) is 0 Å². The quantitative estimate of drug-likeness (QED) is 0.340. The molecule has 0 spiro atoms. The molecule has 0 atom stereocenters. The minimum absolute atomic E-state index is 0.325. The van der Waals surface area contributed by atoms with Gasteiger partial charge in [0.15, 0.2) is 6.61 Å². The predicted molar refractivity (Wildman–Crippen MR) is 115 cm³/mol. The number of carbonyl (C=O) groups is 3. The number of halogens is 1. The summed E-state index contributed by atoms with van der Waals surface area (Å²) in [5.41, 5.74) is 5.14. The fourth-order valence-corrected chi connectivity index (χ4v) is 3.74. The Kier molecular flexibility index (Phi) is 7.18. The van der Waals surface area contributed by atoms with Crippen molar-refractivity contribution in [1.82, 2.24) is 10.9 Å². The van der Waals surface area contributed by atoms with E-state index in [9.17, 15) is 14.4 Å². The van der Waals surface area contributed by atoms with Crippen molar-refractivity contribution in [3.63, 3.8) is 0 Å². The van der Waals surface area contributed by atoms with Crippen molar-refractivity contribution in [2.45, 2.75) is 0 Å². The maximum absolute atomic E-state index is 12.5. The minimum Gasteiger partial charge on any atom is -0.452 e. The Morgan fingerprint density at radius 1 is 0.966 bits per heavy atom. The van der Waals surface area contributed by atoms with E-state index < -0.39 is 24.4 Å². The standard InChI is InChI=1S/C20H15ClN2O4S2/c21-14-7-5-13(6-8-14)19(25)23-22-18(24)12-27-20(26)16(17-4-2-10-29-17)11-15-3-1-9-28-15/h1-11H,12H2,(H,22,24)(H,23,25)/b16-11+. The summed E-state index contributed by atoms with van der Waals surface area (Å²) in [7, 11) is 0. The molecule has 2 heterocycles. The highest BCUT2D eigenvalue weighted by Crippen LogP contribution is 2.25. The van der Waals surface area contributed by atoms with Gasteiger partial charge in [0.1, 0.15) is 0 Å². The molecule has 0 saturated heterocycles. The lowest BCUT2D eigenvalue weighted by molar-refractivity contribution is -0.143. The van der Waals surface area contributed by atoms with Crippen LogP contribution in [0.2, 0.25) is 5.02 Å². The van der Waals surface area contributed by atoms with E-state index in [0.717, 1.165) is 9.75 Å². The number of hydrazine groups is 1. The summed E-state index contributed by atoms with van der Waals surface area (Å²) in [4.78, 5) is 38.0. The first-order chi connectivity index (χ1) is 14.0. The fourth-order valence-electron chi connectivity index (χ4n) is 2.22. The molecule has 2 N–H and O–H groups in total. The first-order valence-electron chi connectivity index (χ1n) is 8.34. The number of hydrogen-bond acceptors (Lipinski definition) is 6. The summed E-state index contributed by atoms with van der Waals surface area (Å²) in [5, 5.41) is 4.25. The van der Waals surface area contributed by atoms with Crippen molar-refractivity contribution >= 4 is 63.7 Å². The molecule has 3 aromatic rings. The molecule has 2 amide bonds. The summed E-state index contributed by atoms with van der Waals surface area (Å²) >= 11 is 8.65. The highest BCUT2D eigenvalue weighted by Gasteiger charge is 2.17. The summed E-state index contributed by atoms with van der Waals surface area (Å²) < 4.78 is 5.12. The van der Waals surface area contributed by atoms with E-state index in [0.29, 0.717) is 16.2 Å². The molecule has 0 radical (unpaired) electrons. The molecule has 0 fully saturated rings. The van der Waals surface area contributed by atoms with E-state index in [1.54, 1.807) is 24.3 Å². The van der Waals surface area contributed by atoms with Crippen LogP contribution in [-0.4, -0.2) is 24.4 Å². The second-order valence-corrected chi connectivity index (χ2v) is 8.00. The van der Waals surface area contributed by atoms with E-state index in [1.807, 2.05) is 29.0 Å². The first kappa shape index (κ1) is 20.8. The minimum atomic E-state index is -0.665. The van der Waals surface area contributed by atoms with Gasteiger partial charge in [-0.1, -0.05) is 23.7 Å². The Morgan fingerprint density at radius 2 is 1.69 bits per heavy atom. The number of thiophene rings is 2. The number of carbonyl (C=O) groups excluding carboxylic acids is 3. The third-order valence-corrected chi connectivity index (χ3v) is 5.57. The molecule has 6 nitrogen and oxygen atoms in total. The fraction of sp³-hybridized carbons (Fsp3) is 0.0500. The SMILES string of the molecule is O=C(COC(=O)/C(=C/c1cccs1)c1cccs1)NNC(=O)c1ccc(Cl)cc1. The van der Waals surface area contributed by atoms with Crippen molar-refractivity contribution in [3.8, 4) is 0 Å². The van der Waals surface area contributed by atoms with Crippen LogP contribution in [0.4, 0.5) is 0 Å². The maximum Gasteiger partial charge on any atom is 0.340 e. The lowest BCUT2D eigenvalue weighted by Gasteiger charge is -2.09. The van der Waals surface area contributed by atoms with Gasteiger partial charge in [-0.25, -0.2) is 4.79 Å². The van der Waals surface area contributed by atoms with Gasteiger partial charge < -0.3 is 4.74 Å². The van der Waals surface area contributed by atoms with Gasteiger partial charge in [0.05, 0.1) is 5.57 Å². The third kappa shape index (κ3) is 6.02. The molecular weight excluding hydrogens is 432 g/mol. The van der Waals surface area contributed by atoms with Crippen LogP contribution in [0, 0.1) is 0 Å². The van der Waals surface area contributed by atoms with Crippen LogP contribution in [0.15, 0.2) is 59.3 Å². The smallest absolute Gasteiger partial charge is 0.340 e. The number of esters is 1. The Balaban J connectivity index is 1.55. The predicted octanol–water partition coefficient (Wildman–Crippen LogP) is 4.01. The number of amides is 2. The lowest BCUT2D eigenvalue weighted by Crippen LogP contribution is -2.43. The van der Waals surface area contributed by atoms with Gasteiger partial charge in [0.2, 0.25) is 0 Å². The number of benzene rings is 1. The molecule has 1 aromatic carbocycles. The highest BCUT2D eigenvalue weighted by atomic mass is 35.5. The lowest BCUT2D eigenvalue weighted by atomic mass is 10.2. The van der Waals surface area contributed by atoms with E-state index in [-0.39, 0.29) is 0 Å². The Bertz CT molecular complexity index is 1010. The topological polar surface area (TPSA) is 84.5 Å². The average Bonchev–Trinajstić information content (AvgIpc) is 3.43. The zero-order valence-corrected chi connectivity index (χ0v) is 17.3. The van der Waals surface area contributed by atoms with Crippen molar-refractivity contribution in [1.29, 1.82) is 0 Å². The molecule has 29 heavy (non-hydrogen) atoms. The van der Waals surface area contributed by atoms with E-state index in [1.165, 1.54) is 34.8 Å². The monoisotopic (exact) mass is 446 g/mol. The largest absolute Gasteiger partial charge is 0.452 e. The molecule has 148 valence electrons. The zero-order valence-electron chi connectivity index (χ0n) is 14.9. The van der Waals surface area contributed by atoms with Crippen molar-refractivity contribution < 1.29 is 19.1 Å². The van der Waals surface area contributed by atoms with Crippen molar-refractivity contribution in [3.05, 3.63) is 79.6 Å². The third-order valence-electron chi connectivity index (χ3n) is 3.59. The zero-order chi connectivity index (χ0) is 20.6. The number of nitrogens with one attached hydrogen (secondary N) is 2. The molecule has 3 rings (SSSR count). The van der Waals surface area contributed by atoms with Gasteiger partial charge in [-0.3, -0.25) is 20.4 Å². The summed E-state index contributed by atoms with van der Waals surface area (Å²) in [6.07, 6.45) is 1.72. The Labute approximate surface area is 179 Å². The van der Waals surface area contributed by atoms with E-state index in [4.69, 9.17) is 16.3 Å². The second kappa shape index (κ2) is 10.0. The second-order valence-electron chi connectivity index (χ2n) is 5.64. The van der Waals surface area contributed by atoms with E-state index >= 15 is 0 Å². The van der Waals surface area contributed by atoms with Gasteiger partial charge in [-0.15, -0.1) is 22.7 Å². The highest BCUT2D eigenvalue weighted by molar-refractivity contribution is 7.12. The Hall–Kier alpha value is -2.94. The molecular formula is C20H15ClN2O4S2. The normalized spacial score (nSPS) is 11.0. The van der Waals surface area contributed by atoms with Crippen LogP contribution in [0.1, 0.15) is 20.1 Å². The number of hydrogen-bond donors (Lipinski definition) is 2. The molecule has 0 aliphatic rings. The van der Waals surface area contributed by atoms with E-state index in [2.05, 4.69) is 10.9 Å². The Morgan fingerprint density at radius 3 is 2.34 bits per heavy atom. The van der Waals surface area contributed by atoms with Gasteiger partial charge in [0, 0.05) is 20.3 Å². The van der Waals surface area contributed by atoms with Crippen molar-refractivity contribution in [2.75, 3.05) is 6.61 Å². The average molecular weight is 447 g/mol. The molecule has 0 aliphatic heterocycles. The van der Waals surface area contributed by atoms with Crippen LogP contribution in [0.5, 0.6) is 0 Å².